The summed E-state index contributed by atoms with van der Waals surface area (Å²) in [6.07, 6.45) is 4.22. The van der Waals surface area contributed by atoms with Crippen LogP contribution in [-0.2, 0) is 35.5 Å². The molecule has 3 amide bonds. The zero-order valence-corrected chi connectivity index (χ0v) is 30.8. The number of thiazole rings is 2. The number of aromatic nitrogens is 2. The van der Waals surface area contributed by atoms with Crippen LogP contribution in [0.1, 0.15) is 79.6 Å². The summed E-state index contributed by atoms with van der Waals surface area (Å²) >= 11 is 3.04. The first-order valence-electron chi connectivity index (χ1n) is 16.9. The Morgan fingerprint density at radius 2 is 1.55 bits per heavy atom. The number of nitrogens with one attached hydrogen (secondary N) is 2. The molecule has 2 N–H and O–H groups in total. The summed E-state index contributed by atoms with van der Waals surface area (Å²) in [4.78, 5) is 51.3. The van der Waals surface area contributed by atoms with Crippen LogP contribution in [0.15, 0.2) is 77.8 Å². The molecule has 0 saturated carbocycles. The van der Waals surface area contributed by atoms with Crippen molar-refractivity contribution in [3.8, 4) is 0 Å². The van der Waals surface area contributed by atoms with E-state index in [0.29, 0.717) is 44.6 Å². The van der Waals surface area contributed by atoms with Gasteiger partial charge in [0.15, 0.2) is 5.78 Å². The molecule has 0 aliphatic rings. The number of rotatable bonds is 18. The van der Waals surface area contributed by atoms with Crippen LogP contribution in [0, 0.1) is 11.8 Å². The highest BCUT2D eigenvalue weighted by Crippen LogP contribution is 2.24. The molecule has 4 rings (SSSR count). The second-order valence-electron chi connectivity index (χ2n) is 13.2. The maximum absolute atomic E-state index is 14.0. The van der Waals surface area contributed by atoms with Crippen LogP contribution >= 0.6 is 22.7 Å². The Bertz CT molecular complexity index is 1580. The highest BCUT2D eigenvalue weighted by molar-refractivity contribution is 7.09. The number of carbonyl (C=O) groups excluding carboxylic acids is 3. The van der Waals surface area contributed by atoms with Crippen molar-refractivity contribution in [1.82, 2.24) is 25.5 Å². The maximum Gasteiger partial charge on any atom is 0.407 e. The number of ether oxygens (including phenoxy) is 1. The summed E-state index contributed by atoms with van der Waals surface area (Å²) in [5, 5.41) is 9.12. The van der Waals surface area contributed by atoms with E-state index in [2.05, 4.69) is 46.6 Å². The summed E-state index contributed by atoms with van der Waals surface area (Å²) < 4.78 is 5.50. The van der Waals surface area contributed by atoms with Crippen LogP contribution in [0.5, 0.6) is 0 Å². The van der Waals surface area contributed by atoms with E-state index in [0.717, 1.165) is 26.7 Å². The number of alkyl carbamates (subject to hydrolysis) is 1. The lowest BCUT2D eigenvalue weighted by Gasteiger charge is -2.27. The number of amides is 3. The summed E-state index contributed by atoms with van der Waals surface area (Å²) in [5.41, 5.74) is 4.80. The zero-order valence-electron chi connectivity index (χ0n) is 29.1. The van der Waals surface area contributed by atoms with Crippen molar-refractivity contribution >= 4 is 40.6 Å². The number of ketones is 1. The van der Waals surface area contributed by atoms with Gasteiger partial charge in [0.05, 0.1) is 33.7 Å². The van der Waals surface area contributed by atoms with Crippen molar-refractivity contribution in [3.05, 3.63) is 104 Å². The van der Waals surface area contributed by atoms with Crippen molar-refractivity contribution in [1.29, 1.82) is 0 Å². The number of urea groups is 1. The first-order chi connectivity index (χ1) is 23.6. The van der Waals surface area contributed by atoms with Gasteiger partial charge in [0.25, 0.3) is 0 Å². The molecule has 0 aliphatic heterocycles. The lowest BCUT2D eigenvalue weighted by molar-refractivity contribution is -0.122. The second kappa shape index (κ2) is 19.2. The molecule has 11 heteroatoms. The lowest BCUT2D eigenvalue weighted by atomic mass is 9.85. The van der Waals surface area contributed by atoms with Gasteiger partial charge in [-0.3, -0.25) is 9.78 Å². The maximum atomic E-state index is 14.0. The van der Waals surface area contributed by atoms with E-state index >= 15 is 0 Å². The number of benzene rings is 2. The molecule has 0 radical (unpaired) electrons. The molecule has 2 aromatic carbocycles. The topological polar surface area (TPSA) is 114 Å². The largest absolute Gasteiger partial charge is 0.444 e. The minimum absolute atomic E-state index is 0.00327. The van der Waals surface area contributed by atoms with Crippen LogP contribution in [-0.4, -0.2) is 51.9 Å². The second-order valence-corrected chi connectivity index (χ2v) is 15.1. The van der Waals surface area contributed by atoms with Gasteiger partial charge in [-0.2, -0.15) is 0 Å². The fourth-order valence-electron chi connectivity index (χ4n) is 5.69. The minimum Gasteiger partial charge on any atom is -0.444 e. The average Bonchev–Trinajstić information content (AvgIpc) is 3.78. The summed E-state index contributed by atoms with van der Waals surface area (Å²) in [6, 6.07) is 19.1. The Morgan fingerprint density at radius 3 is 2.14 bits per heavy atom. The van der Waals surface area contributed by atoms with Crippen molar-refractivity contribution in [3.63, 3.8) is 0 Å². The zero-order chi connectivity index (χ0) is 35.2. The lowest BCUT2D eigenvalue weighted by Crippen LogP contribution is -2.49. The number of nitrogens with zero attached hydrogens (tertiary/aromatic N) is 3. The fraction of sp³-hybridized carbons (Fsp3) is 0.447. The molecule has 3 unspecified atom stereocenters. The van der Waals surface area contributed by atoms with Gasteiger partial charge in [-0.05, 0) is 48.6 Å². The summed E-state index contributed by atoms with van der Waals surface area (Å²) in [6.45, 7) is 8.65. The molecular weight excluding hydrogens is 655 g/mol. The molecular formula is C38H49N5O4S2. The van der Waals surface area contributed by atoms with Gasteiger partial charge in [-0.25, -0.2) is 14.6 Å². The molecule has 9 nitrogen and oxygen atoms in total. The van der Waals surface area contributed by atoms with Crippen molar-refractivity contribution < 1.29 is 19.1 Å². The van der Waals surface area contributed by atoms with E-state index in [1.807, 2.05) is 67.8 Å². The van der Waals surface area contributed by atoms with Gasteiger partial charge in [0.2, 0.25) is 0 Å². The van der Waals surface area contributed by atoms with E-state index in [9.17, 15) is 14.4 Å². The van der Waals surface area contributed by atoms with E-state index in [4.69, 9.17) is 4.74 Å². The quantitative estimate of drug-likeness (QED) is 0.109. The van der Waals surface area contributed by atoms with Gasteiger partial charge in [0.1, 0.15) is 6.61 Å². The molecule has 2 heterocycles. The third-order valence-electron chi connectivity index (χ3n) is 8.36. The molecule has 3 atom stereocenters. The molecule has 4 aromatic rings. The van der Waals surface area contributed by atoms with Gasteiger partial charge < -0.3 is 20.3 Å². The van der Waals surface area contributed by atoms with Gasteiger partial charge in [-0.15, -0.1) is 22.7 Å². The Hall–Kier alpha value is -4.09. The minimum atomic E-state index is -0.630. The summed E-state index contributed by atoms with van der Waals surface area (Å²) in [5.74, 6) is 0.250. The number of hydrogen-bond acceptors (Lipinski definition) is 8. The molecule has 0 fully saturated rings. The SMILES string of the molecule is CC(C)c1nc(CN(C)C(=O)NC(C(=O)CC(CCC(Cc2ccccc2)NC(=O)OCc2cncs2)Cc2ccccc2)C(C)C)cs1. The Morgan fingerprint density at radius 1 is 0.878 bits per heavy atom. The van der Waals surface area contributed by atoms with Crippen molar-refractivity contribution in [2.75, 3.05) is 7.05 Å². The van der Waals surface area contributed by atoms with Gasteiger partial charge in [-0.1, -0.05) is 88.4 Å². The first kappa shape index (κ1) is 37.7. The monoisotopic (exact) mass is 703 g/mol. The number of carbonyl (C=O) groups is 3. The fourth-order valence-corrected chi connectivity index (χ4v) is 7.02. The smallest absolute Gasteiger partial charge is 0.407 e. The third kappa shape index (κ3) is 12.7. The van der Waals surface area contributed by atoms with Crippen molar-refractivity contribution in [2.24, 2.45) is 11.8 Å². The highest BCUT2D eigenvalue weighted by atomic mass is 32.1. The van der Waals surface area contributed by atoms with E-state index < -0.39 is 12.1 Å². The standard InChI is InChI=1S/C38H49N5O4S2/c1-26(2)35(42-37(45)43(5)22-32-24-48-36(40-32)27(3)4)34(44)20-30(18-28-12-8-6-9-13-28)16-17-31(19-29-14-10-7-11-15-29)41-38(46)47-23-33-21-39-25-49-33/h6-15,21,24-27,30-31,35H,16-20,22-23H2,1-5H3,(H,41,46)(H,42,45). The highest BCUT2D eigenvalue weighted by Gasteiger charge is 2.28. The number of Topliss-reactive ketones (excluding diaryl/α,β-unsaturated/α-hetero) is 1. The molecule has 49 heavy (non-hydrogen) atoms. The number of hydrogen-bond donors (Lipinski definition) is 2. The predicted octanol–water partition coefficient (Wildman–Crippen LogP) is 8.03. The van der Waals surface area contributed by atoms with Gasteiger partial charge in [0, 0.05) is 37.0 Å². The molecule has 0 aliphatic carbocycles. The third-order valence-corrected chi connectivity index (χ3v) is 10.3. The Kier molecular flexibility index (Phi) is 14.8. The van der Waals surface area contributed by atoms with Crippen LogP contribution < -0.4 is 10.6 Å². The molecule has 262 valence electrons. The molecule has 0 bridgehead atoms. The van der Waals surface area contributed by atoms with Crippen LogP contribution in [0.2, 0.25) is 0 Å². The molecule has 2 aromatic heterocycles. The van der Waals surface area contributed by atoms with Crippen LogP contribution in [0.25, 0.3) is 0 Å². The van der Waals surface area contributed by atoms with E-state index in [-0.39, 0.29) is 36.3 Å². The van der Waals surface area contributed by atoms with E-state index in [1.54, 1.807) is 35.0 Å². The van der Waals surface area contributed by atoms with Crippen LogP contribution in [0.4, 0.5) is 9.59 Å². The average molecular weight is 704 g/mol. The summed E-state index contributed by atoms with van der Waals surface area (Å²) in [7, 11) is 1.73. The van der Waals surface area contributed by atoms with Gasteiger partial charge >= 0.3 is 12.1 Å². The molecule has 0 spiro atoms. The van der Waals surface area contributed by atoms with E-state index in [1.165, 1.54) is 11.3 Å². The predicted molar refractivity (Wildman–Crippen MR) is 197 cm³/mol. The Labute approximate surface area is 298 Å². The first-order valence-corrected chi connectivity index (χ1v) is 18.7. The van der Waals surface area contributed by atoms with Crippen molar-refractivity contribution in [2.45, 2.75) is 91.0 Å². The normalized spacial score (nSPS) is 13.1. The molecule has 0 saturated heterocycles. The van der Waals surface area contributed by atoms with Crippen LogP contribution in [0.3, 0.4) is 0 Å². The Balaban J connectivity index is 1.43.